The SMILES string of the molecule is CNCCC(=O)NC1CCN(C)C(C)C1.Cl.Cl. The molecule has 0 saturated carbocycles. The van der Waals surface area contributed by atoms with Crippen LogP contribution in [0.5, 0.6) is 0 Å². The minimum atomic E-state index is 0. The number of amides is 1. The molecule has 1 saturated heterocycles. The summed E-state index contributed by atoms with van der Waals surface area (Å²) in [6.45, 7) is 4.05. The van der Waals surface area contributed by atoms with Gasteiger partial charge in [0.2, 0.25) is 5.91 Å². The van der Waals surface area contributed by atoms with Gasteiger partial charge in [0, 0.05) is 31.6 Å². The fraction of sp³-hybridized carbons (Fsp3) is 0.909. The third-order valence-corrected chi connectivity index (χ3v) is 3.18. The number of nitrogens with one attached hydrogen (secondary N) is 2. The molecule has 1 heterocycles. The molecule has 2 unspecified atom stereocenters. The van der Waals surface area contributed by atoms with Gasteiger partial charge in [-0.1, -0.05) is 0 Å². The zero-order valence-electron chi connectivity index (χ0n) is 10.9. The first-order valence-corrected chi connectivity index (χ1v) is 5.77. The molecule has 2 N–H and O–H groups in total. The second-order valence-electron chi connectivity index (χ2n) is 4.47. The molecule has 0 spiro atoms. The van der Waals surface area contributed by atoms with E-state index in [9.17, 15) is 4.79 Å². The van der Waals surface area contributed by atoms with E-state index in [1.54, 1.807) is 0 Å². The standard InChI is InChI=1S/C11H23N3O.2ClH/c1-9-8-10(5-7-14(9)3)13-11(15)4-6-12-2;;/h9-10,12H,4-8H2,1-3H3,(H,13,15);2*1H. The summed E-state index contributed by atoms with van der Waals surface area (Å²) in [5, 5.41) is 6.08. The molecule has 0 aliphatic carbocycles. The van der Waals surface area contributed by atoms with Crippen molar-refractivity contribution in [1.82, 2.24) is 15.5 Å². The first kappa shape index (κ1) is 19.3. The van der Waals surface area contributed by atoms with E-state index in [1.165, 1.54) is 0 Å². The third-order valence-electron chi connectivity index (χ3n) is 3.18. The average Bonchev–Trinajstić information content (AvgIpc) is 2.20. The number of carbonyl (C=O) groups is 1. The molecular formula is C11H25Cl2N3O. The molecule has 6 heteroatoms. The van der Waals surface area contributed by atoms with E-state index in [4.69, 9.17) is 0 Å². The molecule has 0 aromatic rings. The van der Waals surface area contributed by atoms with Crippen LogP contribution in [0.2, 0.25) is 0 Å². The highest BCUT2D eigenvalue weighted by molar-refractivity contribution is 5.85. The Labute approximate surface area is 117 Å². The van der Waals surface area contributed by atoms with Crippen molar-refractivity contribution in [2.45, 2.75) is 38.3 Å². The van der Waals surface area contributed by atoms with Crippen molar-refractivity contribution in [2.75, 3.05) is 27.2 Å². The normalized spacial score (nSPS) is 24.4. The number of carbonyl (C=O) groups excluding carboxylic acids is 1. The smallest absolute Gasteiger partial charge is 0.221 e. The molecule has 1 aliphatic rings. The highest BCUT2D eigenvalue weighted by atomic mass is 35.5. The van der Waals surface area contributed by atoms with Gasteiger partial charge in [-0.3, -0.25) is 4.79 Å². The highest BCUT2D eigenvalue weighted by Gasteiger charge is 2.23. The molecule has 2 atom stereocenters. The minimum Gasteiger partial charge on any atom is -0.353 e. The average molecular weight is 286 g/mol. The van der Waals surface area contributed by atoms with E-state index in [0.717, 1.165) is 25.9 Å². The van der Waals surface area contributed by atoms with Gasteiger partial charge in [-0.25, -0.2) is 0 Å². The predicted molar refractivity (Wildman–Crippen MR) is 76.3 cm³/mol. The lowest BCUT2D eigenvalue weighted by Crippen LogP contribution is -2.47. The summed E-state index contributed by atoms with van der Waals surface area (Å²) < 4.78 is 0. The van der Waals surface area contributed by atoms with Crippen molar-refractivity contribution >= 4 is 30.7 Å². The fourth-order valence-corrected chi connectivity index (χ4v) is 1.96. The van der Waals surface area contributed by atoms with Gasteiger partial charge >= 0.3 is 0 Å². The zero-order chi connectivity index (χ0) is 11.3. The van der Waals surface area contributed by atoms with Gasteiger partial charge < -0.3 is 15.5 Å². The lowest BCUT2D eigenvalue weighted by molar-refractivity contribution is -0.122. The quantitative estimate of drug-likeness (QED) is 0.811. The van der Waals surface area contributed by atoms with Gasteiger partial charge in [0.1, 0.15) is 0 Å². The van der Waals surface area contributed by atoms with Gasteiger partial charge in [0.15, 0.2) is 0 Å². The number of piperidine rings is 1. The largest absolute Gasteiger partial charge is 0.353 e. The number of hydrogen-bond donors (Lipinski definition) is 2. The topological polar surface area (TPSA) is 44.4 Å². The van der Waals surface area contributed by atoms with Crippen molar-refractivity contribution in [2.24, 2.45) is 0 Å². The molecule has 104 valence electrons. The number of hydrogen-bond acceptors (Lipinski definition) is 3. The van der Waals surface area contributed by atoms with Crippen molar-refractivity contribution in [1.29, 1.82) is 0 Å². The van der Waals surface area contributed by atoms with Crippen LogP contribution in [0.15, 0.2) is 0 Å². The van der Waals surface area contributed by atoms with Crippen molar-refractivity contribution in [3.63, 3.8) is 0 Å². The van der Waals surface area contributed by atoms with Crippen LogP contribution in [0.25, 0.3) is 0 Å². The van der Waals surface area contributed by atoms with Crippen LogP contribution in [0.3, 0.4) is 0 Å². The Morgan fingerprint density at radius 3 is 2.59 bits per heavy atom. The Bertz CT molecular complexity index is 217. The highest BCUT2D eigenvalue weighted by Crippen LogP contribution is 2.15. The van der Waals surface area contributed by atoms with Crippen molar-refractivity contribution in [3.8, 4) is 0 Å². The second kappa shape index (κ2) is 9.95. The summed E-state index contributed by atoms with van der Waals surface area (Å²) >= 11 is 0. The van der Waals surface area contributed by atoms with Crippen LogP contribution >= 0.6 is 24.8 Å². The zero-order valence-corrected chi connectivity index (χ0v) is 12.5. The lowest BCUT2D eigenvalue weighted by Gasteiger charge is -2.35. The summed E-state index contributed by atoms with van der Waals surface area (Å²) in [6.07, 6.45) is 2.73. The number of likely N-dealkylation sites (tertiary alicyclic amines) is 1. The van der Waals surface area contributed by atoms with Crippen LogP contribution in [-0.4, -0.2) is 50.1 Å². The predicted octanol–water partition coefficient (Wildman–Crippen LogP) is 1.04. The molecule has 1 fully saturated rings. The maximum Gasteiger partial charge on any atom is 0.221 e. The number of nitrogens with zero attached hydrogens (tertiary/aromatic N) is 1. The Balaban J connectivity index is 0. The van der Waals surface area contributed by atoms with E-state index >= 15 is 0 Å². The molecule has 17 heavy (non-hydrogen) atoms. The van der Waals surface area contributed by atoms with Crippen LogP contribution in [0, 0.1) is 0 Å². The lowest BCUT2D eigenvalue weighted by atomic mass is 9.99. The second-order valence-corrected chi connectivity index (χ2v) is 4.47. The molecule has 1 aliphatic heterocycles. The molecule has 0 bridgehead atoms. The van der Waals surface area contributed by atoms with Crippen molar-refractivity contribution < 1.29 is 4.79 Å². The summed E-state index contributed by atoms with van der Waals surface area (Å²) in [5.74, 6) is 0.172. The van der Waals surface area contributed by atoms with Gasteiger partial charge in [0.25, 0.3) is 0 Å². The summed E-state index contributed by atoms with van der Waals surface area (Å²) in [7, 11) is 4.01. The van der Waals surface area contributed by atoms with Crippen LogP contribution in [0.4, 0.5) is 0 Å². The van der Waals surface area contributed by atoms with E-state index in [-0.39, 0.29) is 30.7 Å². The third kappa shape index (κ3) is 7.09. The summed E-state index contributed by atoms with van der Waals surface area (Å²) in [5.41, 5.74) is 0. The van der Waals surface area contributed by atoms with Gasteiger partial charge in [-0.15, -0.1) is 24.8 Å². The maximum atomic E-state index is 11.5. The van der Waals surface area contributed by atoms with Crippen LogP contribution in [-0.2, 0) is 4.79 Å². The Kier molecular flexibility index (Phi) is 11.3. The van der Waals surface area contributed by atoms with Crippen molar-refractivity contribution in [3.05, 3.63) is 0 Å². The Morgan fingerprint density at radius 2 is 2.06 bits per heavy atom. The van der Waals surface area contributed by atoms with E-state index < -0.39 is 0 Å². The molecular weight excluding hydrogens is 261 g/mol. The molecule has 1 rings (SSSR count). The summed E-state index contributed by atoms with van der Waals surface area (Å²) in [6, 6.07) is 0.953. The molecule has 0 aromatic carbocycles. The monoisotopic (exact) mass is 285 g/mol. The van der Waals surface area contributed by atoms with E-state index in [2.05, 4.69) is 29.5 Å². The Morgan fingerprint density at radius 1 is 1.41 bits per heavy atom. The minimum absolute atomic E-state index is 0. The van der Waals surface area contributed by atoms with E-state index in [1.807, 2.05) is 7.05 Å². The van der Waals surface area contributed by atoms with Gasteiger partial charge in [-0.05, 0) is 33.9 Å². The van der Waals surface area contributed by atoms with Crippen LogP contribution < -0.4 is 10.6 Å². The first-order valence-electron chi connectivity index (χ1n) is 5.77. The maximum absolute atomic E-state index is 11.5. The molecule has 1 amide bonds. The van der Waals surface area contributed by atoms with E-state index in [0.29, 0.717) is 18.5 Å². The Hall–Kier alpha value is -0.0300. The van der Waals surface area contributed by atoms with Crippen LogP contribution in [0.1, 0.15) is 26.2 Å². The molecule has 4 nitrogen and oxygen atoms in total. The fourth-order valence-electron chi connectivity index (χ4n) is 1.96. The van der Waals surface area contributed by atoms with Gasteiger partial charge in [-0.2, -0.15) is 0 Å². The first-order chi connectivity index (χ1) is 7.13. The molecule has 0 radical (unpaired) electrons. The summed E-state index contributed by atoms with van der Waals surface area (Å²) in [4.78, 5) is 13.8. The van der Waals surface area contributed by atoms with Gasteiger partial charge in [0.05, 0.1) is 0 Å². The number of rotatable bonds is 4. The number of halogens is 2. The molecule has 0 aromatic heterocycles.